The zero-order valence-electron chi connectivity index (χ0n) is 11.3. The number of phenolic OH excluding ortho intramolecular Hbond substituents is 1. The number of hydrogen-bond acceptors (Lipinski definition) is 2. The molecule has 2 aromatic carbocycles. The molecule has 3 heteroatoms. The predicted octanol–water partition coefficient (Wildman–Crippen LogP) is 3.57. The Morgan fingerprint density at radius 2 is 1.74 bits per heavy atom. The minimum absolute atomic E-state index is 0.0871. The van der Waals surface area contributed by atoms with Crippen LogP contribution in [0.2, 0.25) is 0 Å². The fraction of sp³-hybridized carbons (Fsp3) is 0.188. The summed E-state index contributed by atoms with van der Waals surface area (Å²) in [7, 11) is 0. The van der Waals surface area contributed by atoms with Gasteiger partial charge in [0.2, 0.25) is 0 Å². The van der Waals surface area contributed by atoms with Crippen molar-refractivity contribution in [2.75, 3.05) is 5.32 Å². The molecule has 0 unspecified atom stereocenters. The molecule has 98 valence electrons. The number of rotatable bonds is 2. The summed E-state index contributed by atoms with van der Waals surface area (Å²) in [5, 5.41) is 12.6. The average molecular weight is 255 g/mol. The third-order valence-corrected chi connectivity index (χ3v) is 3.14. The number of hydrogen-bond donors (Lipinski definition) is 2. The summed E-state index contributed by atoms with van der Waals surface area (Å²) in [5.74, 6) is -0.133. The van der Waals surface area contributed by atoms with Gasteiger partial charge < -0.3 is 10.4 Å². The lowest BCUT2D eigenvalue weighted by Gasteiger charge is -2.10. The van der Waals surface area contributed by atoms with Crippen LogP contribution in [0.3, 0.4) is 0 Å². The molecule has 0 saturated heterocycles. The lowest BCUT2D eigenvalue weighted by molar-refractivity contribution is 0.102. The van der Waals surface area contributed by atoms with E-state index >= 15 is 0 Å². The molecule has 2 N–H and O–H groups in total. The highest BCUT2D eigenvalue weighted by molar-refractivity contribution is 6.05. The fourth-order valence-corrected chi connectivity index (χ4v) is 1.88. The first-order chi connectivity index (χ1) is 8.97. The number of aryl methyl sites for hydroxylation is 3. The summed E-state index contributed by atoms with van der Waals surface area (Å²) < 4.78 is 0. The second kappa shape index (κ2) is 5.14. The van der Waals surface area contributed by atoms with Gasteiger partial charge in [-0.25, -0.2) is 0 Å². The molecule has 2 rings (SSSR count). The van der Waals surface area contributed by atoms with Gasteiger partial charge in [0.1, 0.15) is 5.75 Å². The Kier molecular flexibility index (Phi) is 3.56. The maximum atomic E-state index is 12.1. The third kappa shape index (κ3) is 2.94. The van der Waals surface area contributed by atoms with Crippen molar-refractivity contribution in [1.29, 1.82) is 0 Å². The molecule has 0 heterocycles. The number of nitrogens with one attached hydrogen (secondary N) is 1. The average Bonchev–Trinajstić information content (AvgIpc) is 2.36. The van der Waals surface area contributed by atoms with Gasteiger partial charge in [-0.3, -0.25) is 4.79 Å². The topological polar surface area (TPSA) is 49.3 Å². The van der Waals surface area contributed by atoms with Crippen LogP contribution >= 0.6 is 0 Å². The van der Waals surface area contributed by atoms with Gasteiger partial charge in [-0.2, -0.15) is 0 Å². The van der Waals surface area contributed by atoms with Crippen molar-refractivity contribution in [1.82, 2.24) is 0 Å². The molecular formula is C16H17NO2. The van der Waals surface area contributed by atoms with Crippen molar-refractivity contribution in [3.05, 3.63) is 58.7 Å². The zero-order valence-corrected chi connectivity index (χ0v) is 11.3. The SMILES string of the molecule is Cc1cccc(C(=O)Nc2cc(C)c(C)cc2O)c1. The Morgan fingerprint density at radius 3 is 2.42 bits per heavy atom. The Labute approximate surface area is 112 Å². The number of carbonyl (C=O) groups excluding carboxylic acids is 1. The van der Waals surface area contributed by atoms with Crippen LogP contribution in [-0.4, -0.2) is 11.0 Å². The number of phenols is 1. The molecule has 0 saturated carbocycles. The van der Waals surface area contributed by atoms with E-state index in [2.05, 4.69) is 5.32 Å². The van der Waals surface area contributed by atoms with E-state index in [1.54, 1.807) is 18.2 Å². The van der Waals surface area contributed by atoms with Crippen molar-refractivity contribution < 1.29 is 9.90 Å². The molecule has 0 aliphatic heterocycles. The third-order valence-electron chi connectivity index (χ3n) is 3.14. The Morgan fingerprint density at radius 1 is 1.05 bits per heavy atom. The highest BCUT2D eigenvalue weighted by Crippen LogP contribution is 2.27. The number of carbonyl (C=O) groups is 1. The van der Waals surface area contributed by atoms with Crippen molar-refractivity contribution in [2.45, 2.75) is 20.8 Å². The van der Waals surface area contributed by atoms with E-state index in [-0.39, 0.29) is 11.7 Å². The van der Waals surface area contributed by atoms with E-state index in [1.165, 1.54) is 0 Å². The molecule has 3 nitrogen and oxygen atoms in total. The summed E-state index contributed by atoms with van der Waals surface area (Å²) in [5.41, 5.74) is 4.06. The van der Waals surface area contributed by atoms with Crippen LogP contribution in [0.1, 0.15) is 27.0 Å². The molecule has 0 aromatic heterocycles. The van der Waals surface area contributed by atoms with Crippen LogP contribution in [0, 0.1) is 20.8 Å². The van der Waals surface area contributed by atoms with E-state index in [4.69, 9.17) is 0 Å². The first kappa shape index (κ1) is 13.1. The van der Waals surface area contributed by atoms with E-state index < -0.39 is 0 Å². The summed E-state index contributed by atoms with van der Waals surface area (Å²) in [4.78, 5) is 12.1. The number of anilines is 1. The number of benzene rings is 2. The quantitative estimate of drug-likeness (QED) is 0.806. The first-order valence-electron chi connectivity index (χ1n) is 6.15. The molecule has 2 aromatic rings. The van der Waals surface area contributed by atoms with Gasteiger partial charge in [0.15, 0.2) is 0 Å². The van der Waals surface area contributed by atoms with E-state index in [9.17, 15) is 9.90 Å². The highest BCUT2D eigenvalue weighted by Gasteiger charge is 2.10. The standard InChI is InChI=1S/C16H17NO2/c1-10-5-4-6-13(7-10)16(19)17-14-8-11(2)12(3)9-15(14)18/h4-9,18H,1-3H3,(H,17,19). The maximum Gasteiger partial charge on any atom is 0.255 e. The van der Waals surface area contributed by atoms with Crippen molar-refractivity contribution >= 4 is 11.6 Å². The van der Waals surface area contributed by atoms with Crippen molar-refractivity contribution in [2.24, 2.45) is 0 Å². The minimum atomic E-state index is -0.220. The summed E-state index contributed by atoms with van der Waals surface area (Å²) in [6.45, 7) is 5.79. The summed E-state index contributed by atoms with van der Waals surface area (Å²) >= 11 is 0. The van der Waals surface area contributed by atoms with Crippen molar-refractivity contribution in [3.8, 4) is 5.75 Å². The monoisotopic (exact) mass is 255 g/mol. The van der Waals surface area contributed by atoms with Crippen LogP contribution in [0.5, 0.6) is 5.75 Å². The predicted molar refractivity (Wildman–Crippen MR) is 76.7 cm³/mol. The van der Waals surface area contributed by atoms with Crippen LogP contribution in [0.15, 0.2) is 36.4 Å². The molecule has 19 heavy (non-hydrogen) atoms. The van der Waals surface area contributed by atoms with E-state index in [0.29, 0.717) is 11.3 Å². The Bertz CT molecular complexity index is 633. The smallest absolute Gasteiger partial charge is 0.255 e. The number of amides is 1. The fourth-order valence-electron chi connectivity index (χ4n) is 1.88. The highest BCUT2D eigenvalue weighted by atomic mass is 16.3. The first-order valence-corrected chi connectivity index (χ1v) is 6.15. The Balaban J connectivity index is 2.27. The minimum Gasteiger partial charge on any atom is -0.506 e. The van der Waals surface area contributed by atoms with E-state index in [0.717, 1.165) is 16.7 Å². The lowest BCUT2D eigenvalue weighted by atomic mass is 10.1. The van der Waals surface area contributed by atoms with Gasteiger partial charge in [0.05, 0.1) is 5.69 Å². The van der Waals surface area contributed by atoms with Gasteiger partial charge in [-0.15, -0.1) is 0 Å². The van der Waals surface area contributed by atoms with Gasteiger partial charge in [0, 0.05) is 5.56 Å². The van der Waals surface area contributed by atoms with Crippen LogP contribution in [-0.2, 0) is 0 Å². The molecular weight excluding hydrogens is 238 g/mol. The van der Waals surface area contributed by atoms with Crippen LogP contribution in [0.25, 0.3) is 0 Å². The van der Waals surface area contributed by atoms with Crippen molar-refractivity contribution in [3.63, 3.8) is 0 Å². The molecule has 0 aliphatic rings. The van der Waals surface area contributed by atoms with Gasteiger partial charge in [-0.1, -0.05) is 17.7 Å². The zero-order chi connectivity index (χ0) is 14.0. The second-order valence-electron chi connectivity index (χ2n) is 4.78. The van der Waals surface area contributed by atoms with Gasteiger partial charge in [-0.05, 0) is 56.2 Å². The molecule has 0 atom stereocenters. The molecule has 0 radical (unpaired) electrons. The van der Waals surface area contributed by atoms with E-state index in [1.807, 2.05) is 39.0 Å². The molecule has 1 amide bonds. The molecule has 0 bridgehead atoms. The van der Waals surface area contributed by atoms with Gasteiger partial charge in [0.25, 0.3) is 5.91 Å². The van der Waals surface area contributed by atoms with Crippen LogP contribution < -0.4 is 5.32 Å². The summed E-state index contributed by atoms with van der Waals surface area (Å²) in [6.07, 6.45) is 0. The largest absolute Gasteiger partial charge is 0.506 e. The van der Waals surface area contributed by atoms with Crippen LogP contribution in [0.4, 0.5) is 5.69 Å². The lowest BCUT2D eigenvalue weighted by Crippen LogP contribution is -2.12. The maximum absolute atomic E-state index is 12.1. The second-order valence-corrected chi connectivity index (χ2v) is 4.78. The van der Waals surface area contributed by atoms with Gasteiger partial charge >= 0.3 is 0 Å². The summed E-state index contributed by atoms with van der Waals surface area (Å²) in [6, 6.07) is 10.8. The molecule has 0 fully saturated rings. The molecule has 0 aliphatic carbocycles. The molecule has 0 spiro atoms. The normalized spacial score (nSPS) is 10.3. The Hall–Kier alpha value is -2.29. The number of aromatic hydroxyl groups is 1.